The van der Waals surface area contributed by atoms with E-state index in [1.807, 2.05) is 0 Å². The molecule has 1 aliphatic heterocycles. The zero-order valence-corrected chi connectivity index (χ0v) is 5.29. The topological polar surface area (TPSA) is 70.9 Å². The van der Waals surface area contributed by atoms with Crippen molar-refractivity contribution in [1.82, 2.24) is 5.32 Å². The van der Waals surface area contributed by atoms with Crippen molar-refractivity contribution < 1.29 is 9.59 Å². The highest BCUT2D eigenvalue weighted by Crippen LogP contribution is 2.01. The lowest BCUT2D eigenvalue weighted by Gasteiger charge is -1.92. The van der Waals surface area contributed by atoms with Crippen LogP contribution in [0.5, 0.6) is 0 Å². The molecule has 0 aromatic rings. The van der Waals surface area contributed by atoms with Crippen LogP contribution in [0.25, 0.3) is 0 Å². The van der Waals surface area contributed by atoms with Crippen molar-refractivity contribution in [3.8, 4) is 0 Å². The zero-order valence-electron chi connectivity index (χ0n) is 5.29. The molecule has 0 aromatic carbocycles. The summed E-state index contributed by atoms with van der Waals surface area (Å²) in [5.74, 6) is -0.499. The molecule has 2 amide bonds. The van der Waals surface area contributed by atoms with Gasteiger partial charge in [-0.3, -0.25) is 9.59 Å². The van der Waals surface area contributed by atoms with Gasteiger partial charge in [-0.2, -0.15) is 0 Å². The summed E-state index contributed by atoms with van der Waals surface area (Å²) in [4.78, 5) is 20.7. The quantitative estimate of drug-likeness (QED) is 0.553. The Morgan fingerprint density at radius 1 is 1.60 bits per heavy atom. The maximum absolute atomic E-state index is 10.3. The first-order valence-electron chi connectivity index (χ1n) is 2.63. The zero-order chi connectivity index (χ0) is 7.56. The molecule has 0 unspecified atom stereocenters. The van der Waals surface area contributed by atoms with E-state index < -0.39 is 5.91 Å². The first-order valence-corrected chi connectivity index (χ1v) is 2.63. The summed E-state index contributed by atoms with van der Waals surface area (Å²) in [6, 6.07) is 0. The van der Waals surface area contributed by atoms with E-state index in [4.69, 9.17) is 0 Å². The summed E-state index contributed by atoms with van der Waals surface area (Å²) in [7, 11) is 0. The van der Waals surface area contributed by atoms with Gasteiger partial charge in [0.2, 0.25) is 5.91 Å². The molecule has 10 heavy (non-hydrogen) atoms. The Labute approximate surface area is 56.8 Å². The van der Waals surface area contributed by atoms with Gasteiger partial charge in [0.05, 0.1) is 6.08 Å². The van der Waals surface area contributed by atoms with E-state index in [0.29, 0.717) is 0 Å². The van der Waals surface area contributed by atoms with Crippen molar-refractivity contribution in [1.29, 1.82) is 0 Å². The van der Waals surface area contributed by atoms with Crippen LogP contribution in [-0.2, 0) is 9.59 Å². The van der Waals surface area contributed by atoms with Crippen molar-refractivity contribution in [3.05, 3.63) is 11.9 Å². The van der Waals surface area contributed by atoms with E-state index in [0.717, 1.165) is 6.08 Å². The largest absolute Gasteiger partial charge is 0.309 e. The van der Waals surface area contributed by atoms with Gasteiger partial charge in [0.1, 0.15) is 0 Å². The van der Waals surface area contributed by atoms with Gasteiger partial charge in [-0.25, -0.2) is 0 Å². The minimum atomic E-state index is -0.441. The minimum absolute atomic E-state index is 0.206. The number of carbonyl (C=O) groups is 2. The van der Waals surface area contributed by atoms with Crippen LogP contribution in [-0.4, -0.2) is 11.8 Å². The maximum atomic E-state index is 10.3. The molecule has 1 heterocycles. The standard InChI is InChI=1S/C5H5N3O2/c1-3(9)6-4-2-5(10)8-7-4/h2H,1H3,(H,6,9). The third-order valence-corrected chi connectivity index (χ3v) is 0.821. The van der Waals surface area contributed by atoms with Crippen LogP contribution < -0.4 is 5.32 Å². The van der Waals surface area contributed by atoms with Gasteiger partial charge < -0.3 is 5.32 Å². The Balaban J connectivity index is 2.60. The molecule has 0 saturated carbocycles. The van der Waals surface area contributed by atoms with Crippen LogP contribution in [0.2, 0.25) is 0 Å². The maximum Gasteiger partial charge on any atom is 0.292 e. The number of hydrogen-bond donors (Lipinski definition) is 1. The number of carbonyl (C=O) groups excluding carboxylic acids is 2. The third kappa shape index (κ3) is 1.48. The third-order valence-electron chi connectivity index (χ3n) is 0.821. The van der Waals surface area contributed by atoms with E-state index in [1.54, 1.807) is 0 Å². The Bertz CT molecular complexity index is 241. The summed E-state index contributed by atoms with van der Waals surface area (Å²) in [5.41, 5.74) is 0. The molecular formula is C5H5N3O2. The van der Waals surface area contributed by atoms with Gasteiger partial charge in [0.25, 0.3) is 5.91 Å². The summed E-state index contributed by atoms with van der Waals surface area (Å²) in [6.07, 6.45) is 1.15. The Morgan fingerprint density at radius 2 is 2.30 bits per heavy atom. The SMILES string of the molecule is CC(=O)NC1=CC(=O)N=N1. The summed E-state index contributed by atoms with van der Waals surface area (Å²) in [5, 5.41) is 8.82. The van der Waals surface area contributed by atoms with Gasteiger partial charge in [0.15, 0.2) is 5.82 Å². The number of hydrogen-bond acceptors (Lipinski definition) is 3. The molecule has 0 aliphatic carbocycles. The average molecular weight is 139 g/mol. The van der Waals surface area contributed by atoms with Crippen LogP contribution in [0.1, 0.15) is 6.92 Å². The molecule has 0 fully saturated rings. The number of nitrogens with zero attached hydrogens (tertiary/aromatic N) is 2. The molecule has 1 N–H and O–H groups in total. The van der Waals surface area contributed by atoms with Crippen LogP contribution in [0.15, 0.2) is 22.1 Å². The van der Waals surface area contributed by atoms with Gasteiger partial charge in [-0.15, -0.1) is 10.2 Å². The molecule has 0 radical (unpaired) electrons. The molecule has 5 nitrogen and oxygen atoms in total. The monoisotopic (exact) mass is 139 g/mol. The van der Waals surface area contributed by atoms with Gasteiger partial charge in [-0.1, -0.05) is 0 Å². The number of amides is 2. The lowest BCUT2D eigenvalue weighted by molar-refractivity contribution is -0.118. The first kappa shape index (κ1) is 6.60. The molecule has 0 spiro atoms. The van der Waals surface area contributed by atoms with E-state index in [2.05, 4.69) is 15.5 Å². The lowest BCUT2D eigenvalue weighted by Crippen LogP contribution is -2.16. The fraction of sp³-hybridized carbons (Fsp3) is 0.200. The smallest absolute Gasteiger partial charge is 0.292 e. The van der Waals surface area contributed by atoms with E-state index in [1.165, 1.54) is 6.92 Å². The van der Waals surface area contributed by atoms with Crippen molar-refractivity contribution in [2.24, 2.45) is 10.2 Å². The van der Waals surface area contributed by atoms with Gasteiger partial charge >= 0.3 is 0 Å². The molecule has 52 valence electrons. The van der Waals surface area contributed by atoms with Crippen molar-refractivity contribution in [3.63, 3.8) is 0 Å². The highest BCUT2D eigenvalue weighted by atomic mass is 16.2. The van der Waals surface area contributed by atoms with E-state index >= 15 is 0 Å². The number of rotatable bonds is 1. The summed E-state index contributed by atoms with van der Waals surface area (Å²) in [6.45, 7) is 1.33. The van der Waals surface area contributed by atoms with Gasteiger partial charge in [-0.05, 0) is 0 Å². The average Bonchev–Trinajstić information content (AvgIpc) is 2.13. The minimum Gasteiger partial charge on any atom is -0.309 e. The Morgan fingerprint density at radius 3 is 2.70 bits per heavy atom. The van der Waals surface area contributed by atoms with Crippen LogP contribution in [0.4, 0.5) is 0 Å². The number of nitrogens with one attached hydrogen (secondary N) is 1. The van der Waals surface area contributed by atoms with Gasteiger partial charge in [0, 0.05) is 6.92 Å². The van der Waals surface area contributed by atoms with Crippen LogP contribution in [0, 0.1) is 0 Å². The molecule has 1 aliphatic rings. The predicted octanol–water partition coefficient (Wildman–Crippen LogP) is -0.0437. The Kier molecular flexibility index (Phi) is 1.57. The first-order chi connectivity index (χ1) is 4.68. The lowest BCUT2D eigenvalue weighted by atomic mass is 10.5. The molecule has 0 atom stereocenters. The van der Waals surface area contributed by atoms with Crippen molar-refractivity contribution >= 4 is 11.8 Å². The molecular weight excluding hydrogens is 134 g/mol. The highest BCUT2D eigenvalue weighted by molar-refractivity contribution is 5.91. The fourth-order valence-electron chi connectivity index (χ4n) is 0.519. The molecule has 0 aromatic heterocycles. The summed E-state index contributed by atoms with van der Waals surface area (Å²) >= 11 is 0. The van der Waals surface area contributed by atoms with Crippen molar-refractivity contribution in [2.45, 2.75) is 6.92 Å². The second kappa shape index (κ2) is 2.38. The van der Waals surface area contributed by atoms with Crippen LogP contribution >= 0.6 is 0 Å². The molecule has 5 heteroatoms. The van der Waals surface area contributed by atoms with E-state index in [-0.39, 0.29) is 11.7 Å². The molecule has 0 saturated heterocycles. The predicted molar refractivity (Wildman–Crippen MR) is 31.8 cm³/mol. The summed E-state index contributed by atoms with van der Waals surface area (Å²) < 4.78 is 0. The fourth-order valence-corrected chi connectivity index (χ4v) is 0.519. The number of azo groups is 1. The van der Waals surface area contributed by atoms with E-state index in [9.17, 15) is 9.59 Å². The normalized spacial score (nSPS) is 15.3. The van der Waals surface area contributed by atoms with Crippen LogP contribution in [0.3, 0.4) is 0 Å². The van der Waals surface area contributed by atoms with Crippen molar-refractivity contribution in [2.75, 3.05) is 0 Å². The molecule has 1 rings (SSSR count). The molecule has 0 bridgehead atoms. The second-order valence-electron chi connectivity index (χ2n) is 1.75. The second-order valence-corrected chi connectivity index (χ2v) is 1.75. The Hall–Kier alpha value is -1.52. The highest BCUT2D eigenvalue weighted by Gasteiger charge is 2.07.